The minimum Gasteiger partial charge on any atom is -0.341 e. The molecule has 2 saturated heterocycles. The Labute approximate surface area is 122 Å². The number of fused-ring (bicyclic) bond motifs is 2. The van der Waals surface area contributed by atoms with Crippen LogP contribution < -0.4 is 5.32 Å². The van der Waals surface area contributed by atoms with Crippen LogP contribution in [-0.4, -0.2) is 36.0 Å². The van der Waals surface area contributed by atoms with Gasteiger partial charge >= 0.3 is 0 Å². The normalized spacial score (nSPS) is 25.7. The number of amides is 1. The van der Waals surface area contributed by atoms with Crippen molar-refractivity contribution in [3.05, 3.63) is 12.7 Å². The van der Waals surface area contributed by atoms with Gasteiger partial charge in [0.15, 0.2) is 0 Å². The van der Waals surface area contributed by atoms with E-state index in [1.165, 1.54) is 12.8 Å². The molecule has 3 nitrogen and oxygen atoms in total. The second-order valence-electron chi connectivity index (χ2n) is 4.95. The molecule has 1 N–H and O–H groups in total. The zero-order chi connectivity index (χ0) is 11.4. The molecular weight excluding hydrogens is 271 g/mol. The molecular formula is C13H24Cl2N2O. The summed E-state index contributed by atoms with van der Waals surface area (Å²) in [4.78, 5) is 14.0. The summed E-state index contributed by atoms with van der Waals surface area (Å²) in [6.07, 6.45) is 8.13. The van der Waals surface area contributed by atoms with E-state index in [2.05, 4.69) is 16.8 Å². The maximum Gasteiger partial charge on any atom is 0.222 e. The molecule has 2 bridgehead atoms. The van der Waals surface area contributed by atoms with Gasteiger partial charge < -0.3 is 10.2 Å². The quantitative estimate of drug-likeness (QED) is 0.638. The van der Waals surface area contributed by atoms with Gasteiger partial charge in [-0.25, -0.2) is 0 Å². The number of allylic oxidation sites excluding steroid dienone is 1. The third-order valence-corrected chi connectivity index (χ3v) is 3.67. The van der Waals surface area contributed by atoms with E-state index in [4.69, 9.17) is 0 Å². The summed E-state index contributed by atoms with van der Waals surface area (Å²) in [5, 5.41) is 3.59. The maximum absolute atomic E-state index is 12.0. The Hall–Kier alpha value is -0.250. The first-order chi connectivity index (χ1) is 7.79. The van der Waals surface area contributed by atoms with Crippen molar-refractivity contribution in [3.63, 3.8) is 0 Å². The van der Waals surface area contributed by atoms with Crippen molar-refractivity contribution in [3.8, 4) is 0 Å². The minimum atomic E-state index is 0. The number of likely N-dealkylation sites (tertiary alicyclic amines) is 1. The molecule has 2 fully saturated rings. The fourth-order valence-electron chi connectivity index (χ4n) is 2.73. The lowest BCUT2D eigenvalue weighted by Crippen LogP contribution is -2.38. The van der Waals surface area contributed by atoms with E-state index >= 15 is 0 Å². The van der Waals surface area contributed by atoms with Gasteiger partial charge in [-0.1, -0.05) is 6.08 Å². The van der Waals surface area contributed by atoms with Gasteiger partial charge in [-0.15, -0.1) is 31.4 Å². The van der Waals surface area contributed by atoms with E-state index in [1.54, 1.807) is 0 Å². The highest BCUT2D eigenvalue weighted by atomic mass is 35.5. The molecule has 2 atom stereocenters. The van der Waals surface area contributed by atoms with Crippen LogP contribution >= 0.6 is 24.8 Å². The van der Waals surface area contributed by atoms with Crippen LogP contribution in [0.1, 0.15) is 38.5 Å². The fourth-order valence-corrected chi connectivity index (χ4v) is 2.73. The molecule has 18 heavy (non-hydrogen) atoms. The molecule has 2 unspecified atom stereocenters. The van der Waals surface area contributed by atoms with Gasteiger partial charge in [-0.3, -0.25) is 4.79 Å². The SMILES string of the molecule is C=CCCCC(=O)N1CCC2CCC(C1)N2.Cl.Cl. The molecule has 2 rings (SSSR count). The molecule has 106 valence electrons. The van der Waals surface area contributed by atoms with Gasteiger partial charge in [0.25, 0.3) is 0 Å². The largest absolute Gasteiger partial charge is 0.341 e. The van der Waals surface area contributed by atoms with Crippen LogP contribution in [0.4, 0.5) is 0 Å². The summed E-state index contributed by atoms with van der Waals surface area (Å²) in [5.74, 6) is 0.330. The third kappa shape index (κ3) is 4.79. The molecule has 1 amide bonds. The van der Waals surface area contributed by atoms with Crippen LogP contribution in [0.25, 0.3) is 0 Å². The van der Waals surface area contributed by atoms with Gasteiger partial charge in [-0.05, 0) is 32.1 Å². The first-order valence-electron chi connectivity index (χ1n) is 6.44. The highest BCUT2D eigenvalue weighted by Crippen LogP contribution is 2.20. The standard InChI is InChI=1S/C13H22N2O.2ClH/c1-2-3-4-5-13(16)15-9-8-11-6-7-12(10-15)14-11;;/h2,11-12,14H,1,3-10H2;2*1H. The summed E-state index contributed by atoms with van der Waals surface area (Å²) in [6.45, 7) is 5.55. The number of carbonyl (C=O) groups excluding carboxylic acids is 1. The van der Waals surface area contributed by atoms with E-state index in [-0.39, 0.29) is 24.8 Å². The maximum atomic E-state index is 12.0. The Balaban J connectivity index is 0.00000144. The van der Waals surface area contributed by atoms with Crippen LogP contribution in [-0.2, 0) is 4.79 Å². The number of carbonyl (C=O) groups is 1. The topological polar surface area (TPSA) is 32.3 Å². The number of nitrogens with zero attached hydrogens (tertiary/aromatic N) is 1. The van der Waals surface area contributed by atoms with E-state index in [9.17, 15) is 4.79 Å². The molecule has 2 heterocycles. The van der Waals surface area contributed by atoms with E-state index in [0.717, 1.165) is 32.4 Å². The molecule has 2 aliphatic rings. The summed E-state index contributed by atoms with van der Waals surface area (Å²) in [6, 6.07) is 1.21. The summed E-state index contributed by atoms with van der Waals surface area (Å²) in [7, 11) is 0. The van der Waals surface area contributed by atoms with E-state index < -0.39 is 0 Å². The van der Waals surface area contributed by atoms with Crippen molar-refractivity contribution < 1.29 is 4.79 Å². The lowest BCUT2D eigenvalue weighted by molar-refractivity contribution is -0.131. The third-order valence-electron chi connectivity index (χ3n) is 3.67. The molecule has 5 heteroatoms. The van der Waals surface area contributed by atoms with E-state index in [1.807, 2.05) is 6.08 Å². The molecule has 0 spiro atoms. The number of halogens is 2. The molecule has 0 aromatic heterocycles. The molecule has 0 saturated carbocycles. The predicted octanol–water partition coefficient (Wildman–Crippen LogP) is 2.54. The van der Waals surface area contributed by atoms with Gasteiger partial charge in [-0.2, -0.15) is 0 Å². The fraction of sp³-hybridized carbons (Fsp3) is 0.769. The Morgan fingerprint density at radius 2 is 2.00 bits per heavy atom. The number of nitrogens with one attached hydrogen (secondary N) is 1. The van der Waals surface area contributed by atoms with Crippen molar-refractivity contribution in [2.45, 2.75) is 50.6 Å². The van der Waals surface area contributed by atoms with E-state index in [0.29, 0.717) is 24.4 Å². The zero-order valence-corrected chi connectivity index (χ0v) is 12.4. The van der Waals surface area contributed by atoms with Crippen molar-refractivity contribution in [2.75, 3.05) is 13.1 Å². The number of hydrogen-bond donors (Lipinski definition) is 1. The average molecular weight is 295 g/mol. The molecule has 0 aromatic rings. The first kappa shape index (κ1) is 17.8. The summed E-state index contributed by atoms with van der Waals surface area (Å²) in [5.41, 5.74) is 0. The van der Waals surface area contributed by atoms with Crippen molar-refractivity contribution in [1.82, 2.24) is 10.2 Å². The number of unbranched alkanes of at least 4 members (excludes halogenated alkanes) is 1. The molecule has 0 aromatic carbocycles. The lowest BCUT2D eigenvalue weighted by Gasteiger charge is -2.24. The first-order valence-corrected chi connectivity index (χ1v) is 6.44. The Kier molecular flexibility index (Phi) is 8.66. The van der Waals surface area contributed by atoms with Gasteiger partial charge in [0.05, 0.1) is 0 Å². The predicted molar refractivity (Wildman–Crippen MR) is 79.7 cm³/mol. The average Bonchev–Trinajstić information content (AvgIpc) is 2.58. The van der Waals surface area contributed by atoms with Crippen LogP contribution in [0.3, 0.4) is 0 Å². The molecule has 0 radical (unpaired) electrons. The van der Waals surface area contributed by atoms with Crippen LogP contribution in [0.2, 0.25) is 0 Å². The molecule has 0 aliphatic carbocycles. The number of hydrogen-bond acceptors (Lipinski definition) is 2. The van der Waals surface area contributed by atoms with Crippen LogP contribution in [0, 0.1) is 0 Å². The van der Waals surface area contributed by atoms with Crippen molar-refractivity contribution in [2.24, 2.45) is 0 Å². The highest BCUT2D eigenvalue weighted by Gasteiger charge is 2.30. The lowest BCUT2D eigenvalue weighted by atomic mass is 10.1. The molecule has 2 aliphatic heterocycles. The van der Waals surface area contributed by atoms with Gasteiger partial charge in [0.1, 0.15) is 0 Å². The minimum absolute atomic E-state index is 0. The summed E-state index contributed by atoms with van der Waals surface area (Å²) < 4.78 is 0. The monoisotopic (exact) mass is 294 g/mol. The van der Waals surface area contributed by atoms with Crippen LogP contribution in [0.5, 0.6) is 0 Å². The second kappa shape index (κ2) is 8.78. The smallest absolute Gasteiger partial charge is 0.222 e. The second-order valence-corrected chi connectivity index (χ2v) is 4.95. The Morgan fingerprint density at radius 1 is 1.28 bits per heavy atom. The Bertz CT molecular complexity index is 274. The van der Waals surface area contributed by atoms with Gasteiger partial charge in [0, 0.05) is 31.6 Å². The van der Waals surface area contributed by atoms with Gasteiger partial charge in [0.2, 0.25) is 5.91 Å². The van der Waals surface area contributed by atoms with Crippen molar-refractivity contribution in [1.29, 1.82) is 0 Å². The summed E-state index contributed by atoms with van der Waals surface area (Å²) >= 11 is 0. The van der Waals surface area contributed by atoms with Crippen molar-refractivity contribution >= 4 is 30.7 Å². The van der Waals surface area contributed by atoms with Crippen LogP contribution in [0.15, 0.2) is 12.7 Å². The zero-order valence-electron chi connectivity index (χ0n) is 10.8. The highest BCUT2D eigenvalue weighted by molar-refractivity contribution is 5.85. The Morgan fingerprint density at radius 3 is 2.72 bits per heavy atom. The number of rotatable bonds is 4.